The number of benzene rings is 2. The Morgan fingerprint density at radius 1 is 1.05 bits per heavy atom. The minimum absolute atomic E-state index is 0.0110. The van der Waals surface area contributed by atoms with Gasteiger partial charge in [-0.1, -0.05) is 54.3 Å². The maximum absolute atomic E-state index is 12.7. The van der Waals surface area contributed by atoms with Crippen molar-refractivity contribution in [3.8, 4) is 23.3 Å². The standard InChI is InChI=1S/C26H22N8O3S3/c1-3-16-4-6-17(7-5-16)23-20(12-27)24(29)31-25(21(23)13-28)38-14-22(35)30-18-8-10-19(11-9-18)40(36,37)34-26-33-32-15(2)39-26/h4-11H,3,14H2,1-2H3,(H2,29,31)(H,30,35)(H,33,34). The number of pyridine rings is 1. The fourth-order valence-corrected chi connectivity index (χ4v) is 6.28. The number of nitrogen functional groups attached to an aromatic ring is 1. The molecule has 0 bridgehead atoms. The van der Waals surface area contributed by atoms with E-state index in [1.165, 1.54) is 24.3 Å². The van der Waals surface area contributed by atoms with Gasteiger partial charge in [0.1, 0.15) is 33.6 Å². The van der Waals surface area contributed by atoms with Crippen molar-refractivity contribution in [2.75, 3.05) is 21.5 Å². The quantitative estimate of drug-likeness (QED) is 0.237. The van der Waals surface area contributed by atoms with Crippen LogP contribution in [0.15, 0.2) is 58.5 Å². The largest absolute Gasteiger partial charge is 0.383 e. The molecule has 0 unspecified atom stereocenters. The number of thioether (sulfide) groups is 1. The number of nitrogens with one attached hydrogen (secondary N) is 2. The van der Waals surface area contributed by atoms with Crippen LogP contribution in [0.5, 0.6) is 0 Å². The molecule has 0 atom stereocenters. The van der Waals surface area contributed by atoms with Crippen LogP contribution in [0.25, 0.3) is 11.1 Å². The van der Waals surface area contributed by atoms with Crippen molar-refractivity contribution in [1.82, 2.24) is 15.2 Å². The summed E-state index contributed by atoms with van der Waals surface area (Å²) in [6.07, 6.45) is 0.838. The smallest absolute Gasteiger partial charge is 0.263 e. The van der Waals surface area contributed by atoms with E-state index in [1.54, 1.807) is 6.92 Å². The number of rotatable bonds is 9. The SMILES string of the molecule is CCc1ccc(-c2c(C#N)c(N)nc(SCC(=O)Nc3ccc(S(=O)(=O)Nc4nnc(C)s4)cc3)c2C#N)cc1. The van der Waals surface area contributed by atoms with E-state index in [1.807, 2.05) is 37.3 Å². The second-order valence-electron chi connectivity index (χ2n) is 8.29. The van der Waals surface area contributed by atoms with Gasteiger partial charge in [0.25, 0.3) is 10.0 Å². The van der Waals surface area contributed by atoms with Gasteiger partial charge in [-0.2, -0.15) is 10.5 Å². The molecule has 0 fully saturated rings. The lowest BCUT2D eigenvalue weighted by Gasteiger charge is -2.13. The molecule has 0 aliphatic rings. The molecule has 2 aromatic carbocycles. The van der Waals surface area contributed by atoms with E-state index in [0.29, 0.717) is 21.8 Å². The minimum Gasteiger partial charge on any atom is -0.383 e. The van der Waals surface area contributed by atoms with Crippen molar-refractivity contribution >= 4 is 55.7 Å². The summed E-state index contributed by atoms with van der Waals surface area (Å²) in [6, 6.07) is 17.3. The van der Waals surface area contributed by atoms with Crippen LogP contribution in [0.1, 0.15) is 28.6 Å². The first-order chi connectivity index (χ1) is 19.1. The van der Waals surface area contributed by atoms with E-state index in [4.69, 9.17) is 5.73 Å². The fourth-order valence-electron chi connectivity index (χ4n) is 3.66. The minimum atomic E-state index is -3.87. The van der Waals surface area contributed by atoms with Crippen LogP contribution in [0, 0.1) is 29.6 Å². The average molecular weight is 591 g/mol. The third-order valence-corrected chi connectivity index (χ3v) is 8.82. The van der Waals surface area contributed by atoms with Gasteiger partial charge in [-0.15, -0.1) is 10.2 Å². The summed E-state index contributed by atoms with van der Waals surface area (Å²) in [6.45, 7) is 3.74. The summed E-state index contributed by atoms with van der Waals surface area (Å²) < 4.78 is 27.5. The van der Waals surface area contributed by atoms with Crippen LogP contribution in [-0.2, 0) is 21.2 Å². The molecule has 0 spiro atoms. The molecule has 0 aliphatic heterocycles. The van der Waals surface area contributed by atoms with Crippen LogP contribution >= 0.6 is 23.1 Å². The Bertz CT molecular complexity index is 1760. The first-order valence-corrected chi connectivity index (χ1v) is 15.0. The lowest BCUT2D eigenvalue weighted by molar-refractivity contribution is -0.113. The zero-order valence-corrected chi connectivity index (χ0v) is 23.7. The molecule has 0 aliphatic carbocycles. The summed E-state index contributed by atoms with van der Waals surface area (Å²) in [5, 5.41) is 30.9. The average Bonchev–Trinajstić information content (AvgIpc) is 3.35. The Hall–Kier alpha value is -4.50. The van der Waals surface area contributed by atoms with Gasteiger partial charge in [-0.3, -0.25) is 9.52 Å². The number of hydrogen-bond donors (Lipinski definition) is 3. The number of aromatic nitrogens is 3. The van der Waals surface area contributed by atoms with Gasteiger partial charge in [0.2, 0.25) is 11.0 Å². The summed E-state index contributed by atoms with van der Waals surface area (Å²) in [5.41, 5.74) is 8.81. The van der Waals surface area contributed by atoms with Gasteiger partial charge in [0.05, 0.1) is 16.2 Å². The molecule has 1 amide bonds. The summed E-state index contributed by atoms with van der Waals surface area (Å²) in [5.74, 6) is -0.558. The number of anilines is 3. The summed E-state index contributed by atoms with van der Waals surface area (Å²) in [7, 11) is -3.87. The molecule has 0 saturated heterocycles. The van der Waals surface area contributed by atoms with Crippen molar-refractivity contribution in [3.63, 3.8) is 0 Å². The molecule has 4 N–H and O–H groups in total. The second-order valence-corrected chi connectivity index (χ2v) is 12.1. The highest BCUT2D eigenvalue weighted by molar-refractivity contribution is 8.00. The fraction of sp³-hybridized carbons (Fsp3) is 0.154. The Balaban J connectivity index is 1.48. The molecule has 4 rings (SSSR count). The molecular formula is C26H22N8O3S3. The second kappa shape index (κ2) is 12.1. The lowest BCUT2D eigenvalue weighted by atomic mass is 9.96. The van der Waals surface area contributed by atoms with Crippen molar-refractivity contribution in [1.29, 1.82) is 10.5 Å². The molecule has 2 heterocycles. The highest BCUT2D eigenvalue weighted by Gasteiger charge is 2.21. The van der Waals surface area contributed by atoms with Crippen LogP contribution < -0.4 is 15.8 Å². The number of hydrogen-bond acceptors (Lipinski definition) is 11. The topological polar surface area (TPSA) is 188 Å². The van der Waals surface area contributed by atoms with Crippen molar-refractivity contribution < 1.29 is 13.2 Å². The number of carbonyl (C=O) groups is 1. The third kappa shape index (κ3) is 6.38. The molecule has 11 nitrogen and oxygen atoms in total. The predicted molar refractivity (Wildman–Crippen MR) is 154 cm³/mol. The molecule has 4 aromatic rings. The number of aryl methyl sites for hydroxylation is 2. The van der Waals surface area contributed by atoms with Crippen LogP contribution in [0.4, 0.5) is 16.6 Å². The molecule has 2 aromatic heterocycles. The van der Waals surface area contributed by atoms with Gasteiger partial charge in [0, 0.05) is 11.3 Å². The number of nitriles is 2. The first kappa shape index (κ1) is 28.5. The zero-order chi connectivity index (χ0) is 28.9. The molecule has 0 radical (unpaired) electrons. The number of amides is 1. The Morgan fingerprint density at radius 3 is 2.30 bits per heavy atom. The molecular weight excluding hydrogens is 569 g/mol. The highest BCUT2D eigenvalue weighted by atomic mass is 32.2. The van der Waals surface area contributed by atoms with E-state index >= 15 is 0 Å². The van der Waals surface area contributed by atoms with Crippen molar-refractivity contribution in [2.45, 2.75) is 30.2 Å². The Kier molecular flexibility index (Phi) is 8.64. The van der Waals surface area contributed by atoms with Crippen LogP contribution in [0.2, 0.25) is 0 Å². The van der Waals surface area contributed by atoms with E-state index in [9.17, 15) is 23.7 Å². The van der Waals surface area contributed by atoms with Crippen LogP contribution in [0.3, 0.4) is 0 Å². The summed E-state index contributed by atoms with van der Waals surface area (Å²) >= 11 is 2.12. The maximum Gasteiger partial charge on any atom is 0.263 e. The van der Waals surface area contributed by atoms with E-state index in [-0.39, 0.29) is 37.8 Å². The van der Waals surface area contributed by atoms with E-state index in [0.717, 1.165) is 35.1 Å². The van der Waals surface area contributed by atoms with E-state index in [2.05, 4.69) is 31.3 Å². The van der Waals surface area contributed by atoms with Gasteiger partial charge >= 0.3 is 0 Å². The number of sulfonamides is 1. The first-order valence-electron chi connectivity index (χ1n) is 11.7. The summed E-state index contributed by atoms with van der Waals surface area (Å²) in [4.78, 5) is 16.9. The molecule has 0 saturated carbocycles. The van der Waals surface area contributed by atoms with Crippen molar-refractivity contribution in [2.24, 2.45) is 0 Å². The molecule has 40 heavy (non-hydrogen) atoms. The maximum atomic E-state index is 12.7. The Morgan fingerprint density at radius 2 is 1.73 bits per heavy atom. The predicted octanol–water partition coefficient (Wildman–Crippen LogP) is 4.33. The van der Waals surface area contributed by atoms with Crippen LogP contribution in [-0.4, -0.2) is 35.3 Å². The van der Waals surface area contributed by atoms with Gasteiger partial charge < -0.3 is 11.1 Å². The van der Waals surface area contributed by atoms with E-state index < -0.39 is 15.9 Å². The highest BCUT2D eigenvalue weighted by Crippen LogP contribution is 2.35. The lowest BCUT2D eigenvalue weighted by Crippen LogP contribution is -2.15. The van der Waals surface area contributed by atoms with Gasteiger partial charge in [-0.25, -0.2) is 13.4 Å². The Labute approximate surface area is 239 Å². The normalized spacial score (nSPS) is 10.9. The van der Waals surface area contributed by atoms with Gasteiger partial charge in [-0.05, 0) is 48.7 Å². The monoisotopic (exact) mass is 590 g/mol. The number of nitrogens with zero attached hydrogens (tertiary/aromatic N) is 5. The molecule has 202 valence electrons. The number of nitrogens with two attached hydrogens (primary N) is 1. The van der Waals surface area contributed by atoms with Crippen molar-refractivity contribution in [3.05, 3.63) is 70.2 Å². The van der Waals surface area contributed by atoms with Gasteiger partial charge in [0.15, 0.2) is 0 Å². The zero-order valence-electron chi connectivity index (χ0n) is 21.3. The molecule has 14 heteroatoms. The third-order valence-electron chi connectivity index (χ3n) is 5.60. The number of carbonyl (C=O) groups excluding carboxylic acids is 1.